The quantitative estimate of drug-likeness (QED) is 0.854. The van der Waals surface area contributed by atoms with E-state index >= 15 is 0 Å². The number of rotatable bonds is 2. The summed E-state index contributed by atoms with van der Waals surface area (Å²) in [4.78, 5) is 15.7. The average molecular weight is 272 g/mol. The molecule has 1 aromatic heterocycles. The Kier molecular flexibility index (Phi) is 3.25. The third-order valence-corrected chi connectivity index (χ3v) is 4.49. The number of carbonyl (C=O) groups excluding carboxylic acids is 1. The van der Waals surface area contributed by atoms with Crippen molar-refractivity contribution in [3.05, 3.63) is 51.7 Å². The molecule has 0 atom stereocenters. The Morgan fingerprint density at radius 1 is 1.37 bits per heavy atom. The molecule has 0 fully saturated rings. The number of anilines is 1. The lowest BCUT2D eigenvalue weighted by molar-refractivity contribution is -0.131. The van der Waals surface area contributed by atoms with Gasteiger partial charge in [0.05, 0.1) is 6.42 Å². The van der Waals surface area contributed by atoms with Gasteiger partial charge < -0.3 is 10.6 Å². The highest BCUT2D eigenvalue weighted by molar-refractivity contribution is 7.10. The maximum atomic E-state index is 12.3. The number of hydrogen-bond donors (Lipinski definition) is 1. The number of benzene rings is 1. The Hall–Kier alpha value is -1.81. The molecule has 2 aromatic rings. The summed E-state index contributed by atoms with van der Waals surface area (Å²) < 4.78 is 0. The predicted molar refractivity (Wildman–Crippen MR) is 78.0 cm³/mol. The summed E-state index contributed by atoms with van der Waals surface area (Å²) >= 11 is 1.79. The first kappa shape index (κ1) is 12.2. The molecule has 0 spiro atoms. The SMILES string of the molecule is Nc1cccc(CC(=O)N2CCc3sccc3C2)c1. The van der Waals surface area contributed by atoms with E-state index in [1.807, 2.05) is 29.2 Å². The smallest absolute Gasteiger partial charge is 0.227 e. The van der Waals surface area contributed by atoms with Crippen molar-refractivity contribution in [2.75, 3.05) is 12.3 Å². The van der Waals surface area contributed by atoms with Crippen molar-refractivity contribution in [1.29, 1.82) is 0 Å². The molecule has 98 valence electrons. The van der Waals surface area contributed by atoms with Gasteiger partial charge in [-0.3, -0.25) is 4.79 Å². The van der Waals surface area contributed by atoms with Gasteiger partial charge >= 0.3 is 0 Å². The summed E-state index contributed by atoms with van der Waals surface area (Å²) in [5.74, 6) is 0.183. The van der Waals surface area contributed by atoms with Crippen LogP contribution in [-0.4, -0.2) is 17.4 Å². The van der Waals surface area contributed by atoms with Crippen LogP contribution in [0.3, 0.4) is 0 Å². The minimum absolute atomic E-state index is 0.183. The number of nitrogens with zero attached hydrogens (tertiary/aromatic N) is 1. The standard InChI is InChI=1S/C15H16N2OS/c16-13-3-1-2-11(8-13)9-15(18)17-6-4-14-12(10-17)5-7-19-14/h1-3,5,7-8H,4,6,9-10,16H2. The molecule has 1 aliphatic rings. The first-order chi connectivity index (χ1) is 9.22. The molecular formula is C15H16N2OS. The van der Waals surface area contributed by atoms with Gasteiger partial charge in [0, 0.05) is 23.7 Å². The second kappa shape index (κ2) is 5.05. The fourth-order valence-corrected chi connectivity index (χ4v) is 3.34. The van der Waals surface area contributed by atoms with Gasteiger partial charge in [-0.25, -0.2) is 0 Å². The molecule has 4 heteroatoms. The van der Waals surface area contributed by atoms with Gasteiger partial charge in [-0.15, -0.1) is 11.3 Å². The molecule has 0 saturated heterocycles. The first-order valence-corrected chi connectivity index (χ1v) is 7.28. The van der Waals surface area contributed by atoms with Crippen molar-refractivity contribution in [2.45, 2.75) is 19.4 Å². The molecule has 0 radical (unpaired) electrons. The van der Waals surface area contributed by atoms with Gasteiger partial charge in [-0.2, -0.15) is 0 Å². The molecule has 0 bridgehead atoms. The van der Waals surface area contributed by atoms with Crippen LogP contribution in [0.25, 0.3) is 0 Å². The van der Waals surface area contributed by atoms with E-state index in [4.69, 9.17) is 5.73 Å². The molecule has 3 nitrogen and oxygen atoms in total. The topological polar surface area (TPSA) is 46.3 Å². The number of amides is 1. The highest BCUT2D eigenvalue weighted by Crippen LogP contribution is 2.24. The molecule has 1 aromatic carbocycles. The predicted octanol–water partition coefficient (Wildman–Crippen LogP) is 2.46. The fourth-order valence-electron chi connectivity index (χ4n) is 2.45. The highest BCUT2D eigenvalue weighted by Gasteiger charge is 2.21. The maximum absolute atomic E-state index is 12.3. The van der Waals surface area contributed by atoms with Crippen molar-refractivity contribution < 1.29 is 4.79 Å². The molecular weight excluding hydrogens is 256 g/mol. The van der Waals surface area contributed by atoms with Crippen LogP contribution in [0, 0.1) is 0 Å². The molecule has 2 heterocycles. The number of nitrogen functional groups attached to an aromatic ring is 1. The maximum Gasteiger partial charge on any atom is 0.227 e. The molecule has 0 unspecified atom stereocenters. The fraction of sp³-hybridized carbons (Fsp3) is 0.267. The zero-order valence-corrected chi connectivity index (χ0v) is 11.5. The van der Waals surface area contributed by atoms with Crippen molar-refractivity contribution in [3.8, 4) is 0 Å². The van der Waals surface area contributed by atoms with Gasteiger partial charge in [-0.1, -0.05) is 12.1 Å². The Bertz CT molecular complexity index is 606. The molecule has 19 heavy (non-hydrogen) atoms. The van der Waals surface area contributed by atoms with Crippen molar-refractivity contribution in [1.82, 2.24) is 4.90 Å². The largest absolute Gasteiger partial charge is 0.399 e. The molecule has 2 N–H and O–H groups in total. The van der Waals surface area contributed by atoms with Crippen LogP contribution in [0.1, 0.15) is 16.0 Å². The van der Waals surface area contributed by atoms with Gasteiger partial charge in [0.2, 0.25) is 5.91 Å². The Labute approximate surface area is 116 Å². The lowest BCUT2D eigenvalue weighted by atomic mass is 10.1. The van der Waals surface area contributed by atoms with E-state index in [1.165, 1.54) is 10.4 Å². The van der Waals surface area contributed by atoms with Gasteiger partial charge in [0.25, 0.3) is 0 Å². The molecule has 3 rings (SSSR count). The van der Waals surface area contributed by atoms with Crippen molar-refractivity contribution in [2.24, 2.45) is 0 Å². The van der Waals surface area contributed by atoms with E-state index in [0.717, 1.165) is 25.1 Å². The van der Waals surface area contributed by atoms with Crippen LogP contribution >= 0.6 is 11.3 Å². The van der Waals surface area contributed by atoms with Crippen LogP contribution in [0.15, 0.2) is 35.7 Å². The minimum atomic E-state index is 0.183. The van der Waals surface area contributed by atoms with Crippen LogP contribution in [0.2, 0.25) is 0 Å². The molecule has 0 saturated carbocycles. The third-order valence-electron chi connectivity index (χ3n) is 3.47. The van der Waals surface area contributed by atoms with Gasteiger partial charge in [0.1, 0.15) is 0 Å². The van der Waals surface area contributed by atoms with Crippen LogP contribution in [-0.2, 0) is 24.2 Å². The average Bonchev–Trinajstić information content (AvgIpc) is 2.85. The number of thiophene rings is 1. The lowest BCUT2D eigenvalue weighted by Gasteiger charge is -2.27. The Balaban J connectivity index is 1.69. The number of fused-ring (bicyclic) bond motifs is 1. The first-order valence-electron chi connectivity index (χ1n) is 6.40. The summed E-state index contributed by atoms with van der Waals surface area (Å²) in [6, 6.07) is 9.68. The number of hydrogen-bond acceptors (Lipinski definition) is 3. The van der Waals surface area contributed by atoms with E-state index in [2.05, 4.69) is 11.4 Å². The van der Waals surface area contributed by atoms with Crippen LogP contribution in [0.5, 0.6) is 0 Å². The Morgan fingerprint density at radius 2 is 2.26 bits per heavy atom. The van der Waals surface area contributed by atoms with E-state index in [-0.39, 0.29) is 5.91 Å². The number of nitrogens with two attached hydrogens (primary N) is 1. The zero-order chi connectivity index (χ0) is 13.2. The van der Waals surface area contributed by atoms with Gasteiger partial charge in [-0.05, 0) is 41.1 Å². The number of carbonyl (C=O) groups is 1. The van der Waals surface area contributed by atoms with Crippen molar-refractivity contribution in [3.63, 3.8) is 0 Å². The van der Waals surface area contributed by atoms with Crippen molar-refractivity contribution >= 4 is 22.9 Å². The van der Waals surface area contributed by atoms with E-state index < -0.39 is 0 Å². The van der Waals surface area contributed by atoms with E-state index in [9.17, 15) is 4.79 Å². The normalized spacial score (nSPS) is 14.2. The van der Waals surface area contributed by atoms with Crippen LogP contribution < -0.4 is 5.73 Å². The van der Waals surface area contributed by atoms with E-state index in [1.54, 1.807) is 11.3 Å². The lowest BCUT2D eigenvalue weighted by Crippen LogP contribution is -2.36. The summed E-state index contributed by atoms with van der Waals surface area (Å²) in [5.41, 5.74) is 8.74. The van der Waals surface area contributed by atoms with Crippen LogP contribution in [0.4, 0.5) is 5.69 Å². The summed E-state index contributed by atoms with van der Waals surface area (Å²) in [7, 11) is 0. The summed E-state index contributed by atoms with van der Waals surface area (Å²) in [6.45, 7) is 1.58. The van der Waals surface area contributed by atoms with E-state index in [0.29, 0.717) is 12.1 Å². The summed E-state index contributed by atoms with van der Waals surface area (Å²) in [6.07, 6.45) is 1.42. The molecule has 0 aliphatic carbocycles. The summed E-state index contributed by atoms with van der Waals surface area (Å²) in [5, 5.41) is 2.11. The molecule has 1 aliphatic heterocycles. The monoisotopic (exact) mass is 272 g/mol. The minimum Gasteiger partial charge on any atom is -0.399 e. The van der Waals surface area contributed by atoms with Gasteiger partial charge in [0.15, 0.2) is 0 Å². The molecule has 1 amide bonds. The Morgan fingerprint density at radius 3 is 3.11 bits per heavy atom. The highest BCUT2D eigenvalue weighted by atomic mass is 32.1. The third kappa shape index (κ3) is 2.63. The zero-order valence-electron chi connectivity index (χ0n) is 10.6. The second-order valence-corrected chi connectivity index (χ2v) is 5.86. The second-order valence-electron chi connectivity index (χ2n) is 4.86.